The van der Waals surface area contributed by atoms with Crippen LogP contribution in [0, 0.1) is 17.1 Å². The summed E-state index contributed by atoms with van der Waals surface area (Å²) in [6.07, 6.45) is 0.957. The first-order valence-corrected chi connectivity index (χ1v) is 12.9. The number of primary amides is 1. The van der Waals surface area contributed by atoms with Crippen molar-refractivity contribution in [3.8, 4) is 11.8 Å². The van der Waals surface area contributed by atoms with Crippen LogP contribution in [-0.2, 0) is 17.4 Å². The average Bonchev–Trinajstić information content (AvgIpc) is 3.49. The minimum atomic E-state index is -1.25. The number of aromatic nitrogens is 6. The van der Waals surface area contributed by atoms with E-state index in [1.807, 2.05) is 4.90 Å². The molecular weight excluding hydrogens is 560 g/mol. The van der Waals surface area contributed by atoms with Crippen LogP contribution in [0.5, 0.6) is 0 Å². The van der Waals surface area contributed by atoms with E-state index < -0.39 is 17.5 Å². The number of fused-ring (bicyclic) bond motifs is 2. The highest BCUT2D eigenvalue weighted by atomic mass is 35.5. The monoisotopic (exact) mass is 579 g/mol. The van der Waals surface area contributed by atoms with Gasteiger partial charge in [-0.2, -0.15) is 20.4 Å². The summed E-state index contributed by atoms with van der Waals surface area (Å²) in [6, 6.07) is 11.8. The number of halogens is 3. The molecule has 6 rings (SSSR count). The second-order valence-electron chi connectivity index (χ2n) is 9.37. The second kappa shape index (κ2) is 9.62. The molecule has 0 bridgehead atoms. The molecular formula is C26H20Cl2FN9O2. The summed E-state index contributed by atoms with van der Waals surface area (Å²) in [7, 11) is 1.72. The molecule has 1 amide bonds. The zero-order valence-corrected chi connectivity index (χ0v) is 22.5. The molecule has 0 atom stereocenters. The van der Waals surface area contributed by atoms with Crippen molar-refractivity contribution in [2.45, 2.75) is 18.4 Å². The van der Waals surface area contributed by atoms with Crippen LogP contribution in [0.15, 0.2) is 42.6 Å². The van der Waals surface area contributed by atoms with E-state index >= 15 is 0 Å². The third-order valence-electron chi connectivity index (χ3n) is 7.11. The van der Waals surface area contributed by atoms with Crippen molar-refractivity contribution in [3.63, 3.8) is 0 Å². The van der Waals surface area contributed by atoms with Gasteiger partial charge in [-0.15, -0.1) is 0 Å². The van der Waals surface area contributed by atoms with Crippen LogP contribution in [0.4, 0.5) is 15.1 Å². The lowest BCUT2D eigenvalue weighted by Crippen LogP contribution is -2.47. The Morgan fingerprint density at radius 1 is 1.18 bits per heavy atom. The number of rotatable bonds is 4. The van der Waals surface area contributed by atoms with Crippen LogP contribution in [0.1, 0.15) is 24.1 Å². The topological polar surface area (TPSA) is 141 Å². The molecule has 0 radical (unpaired) electrons. The van der Waals surface area contributed by atoms with Gasteiger partial charge in [0.2, 0.25) is 5.95 Å². The number of aryl methyl sites for hydroxylation is 1. The minimum absolute atomic E-state index is 0.127. The highest BCUT2D eigenvalue weighted by molar-refractivity contribution is 6.42. The Morgan fingerprint density at radius 3 is 2.62 bits per heavy atom. The van der Waals surface area contributed by atoms with Gasteiger partial charge in [0, 0.05) is 38.5 Å². The number of amides is 1. The van der Waals surface area contributed by atoms with Crippen LogP contribution in [0.3, 0.4) is 0 Å². The number of hydrogen-bond donors (Lipinski definition) is 1. The molecule has 11 nitrogen and oxygen atoms in total. The highest BCUT2D eigenvalue weighted by Crippen LogP contribution is 2.40. The van der Waals surface area contributed by atoms with Gasteiger partial charge < -0.3 is 15.4 Å². The van der Waals surface area contributed by atoms with Crippen molar-refractivity contribution in [2.24, 2.45) is 12.8 Å². The molecule has 0 unspecified atom stereocenters. The Kier molecular flexibility index (Phi) is 6.20. The van der Waals surface area contributed by atoms with Crippen LogP contribution >= 0.6 is 23.2 Å². The zero-order chi connectivity index (χ0) is 28.2. The maximum absolute atomic E-state index is 14.7. The van der Waals surface area contributed by atoms with Crippen molar-refractivity contribution in [2.75, 3.05) is 18.0 Å². The first kappa shape index (κ1) is 25.8. The normalized spacial score (nSPS) is 14.9. The molecule has 3 aromatic heterocycles. The summed E-state index contributed by atoms with van der Waals surface area (Å²) in [5.74, 6) is -0.225. The standard InChI is InChI=1S/C26H20Cl2FN9O2/c1-36-22(28)20-17(35-36)6-7-19(21(20)27)38-23-14(13-32-38)18(12-30)33-25(34-23)37-10-8-26(9-11-37,40-24(31)39)15-4-2-3-5-16(15)29/h2-7,13H,8-11H2,1H3,(H2,31,39). The van der Waals surface area contributed by atoms with E-state index in [9.17, 15) is 14.4 Å². The number of benzene rings is 2. The lowest BCUT2D eigenvalue weighted by Gasteiger charge is -2.41. The number of ether oxygens (including phenoxy) is 1. The Morgan fingerprint density at radius 2 is 1.93 bits per heavy atom. The number of anilines is 1. The molecule has 202 valence electrons. The fourth-order valence-corrected chi connectivity index (χ4v) is 5.79. The van der Waals surface area contributed by atoms with Crippen molar-refractivity contribution in [1.29, 1.82) is 5.26 Å². The van der Waals surface area contributed by atoms with Gasteiger partial charge in [0.15, 0.2) is 11.3 Å². The summed E-state index contributed by atoms with van der Waals surface area (Å²) < 4.78 is 23.3. The minimum Gasteiger partial charge on any atom is -0.438 e. The first-order valence-electron chi connectivity index (χ1n) is 12.2. The number of piperidine rings is 1. The molecule has 2 aromatic carbocycles. The Balaban J connectivity index is 1.40. The van der Waals surface area contributed by atoms with Gasteiger partial charge in [0.1, 0.15) is 22.6 Å². The molecule has 4 heterocycles. The summed E-state index contributed by atoms with van der Waals surface area (Å²) in [4.78, 5) is 22.8. The van der Waals surface area contributed by atoms with E-state index in [0.29, 0.717) is 50.9 Å². The molecule has 1 fully saturated rings. The van der Waals surface area contributed by atoms with Gasteiger partial charge in [-0.05, 0) is 18.2 Å². The van der Waals surface area contributed by atoms with Gasteiger partial charge in [-0.3, -0.25) is 4.68 Å². The van der Waals surface area contributed by atoms with Gasteiger partial charge in [-0.25, -0.2) is 18.9 Å². The first-order chi connectivity index (χ1) is 19.2. The van der Waals surface area contributed by atoms with Crippen molar-refractivity contribution < 1.29 is 13.9 Å². The maximum Gasteiger partial charge on any atom is 0.405 e. The molecule has 5 aromatic rings. The lowest BCUT2D eigenvalue weighted by atomic mass is 9.84. The fourth-order valence-electron chi connectivity index (χ4n) is 5.18. The van der Waals surface area contributed by atoms with E-state index in [1.165, 1.54) is 21.6 Å². The molecule has 14 heteroatoms. The van der Waals surface area contributed by atoms with E-state index in [0.717, 1.165) is 0 Å². The summed E-state index contributed by atoms with van der Waals surface area (Å²) in [5, 5.41) is 20.4. The van der Waals surface area contributed by atoms with Gasteiger partial charge in [-0.1, -0.05) is 41.4 Å². The number of carbonyl (C=O) groups excluding carboxylic acids is 1. The summed E-state index contributed by atoms with van der Waals surface area (Å²) in [5.41, 5.74) is 5.98. The molecule has 0 spiro atoms. The predicted molar refractivity (Wildman–Crippen MR) is 146 cm³/mol. The number of nitrogens with two attached hydrogens (primary N) is 1. The number of hydrogen-bond acceptors (Lipinski definition) is 8. The van der Waals surface area contributed by atoms with Crippen molar-refractivity contribution in [1.82, 2.24) is 29.5 Å². The Hall–Kier alpha value is -4.47. The average molecular weight is 580 g/mol. The van der Waals surface area contributed by atoms with Gasteiger partial charge >= 0.3 is 6.09 Å². The fraction of sp³-hybridized carbons (Fsp3) is 0.231. The maximum atomic E-state index is 14.7. The van der Waals surface area contributed by atoms with Gasteiger partial charge in [0.25, 0.3) is 0 Å². The third kappa shape index (κ3) is 4.06. The smallest absolute Gasteiger partial charge is 0.405 e. The van der Waals surface area contributed by atoms with E-state index in [1.54, 1.807) is 37.4 Å². The van der Waals surface area contributed by atoms with Crippen LogP contribution in [0.2, 0.25) is 10.2 Å². The SMILES string of the molecule is Cn1nc2ccc(-n3ncc4c(C#N)nc(N5CCC(OC(N)=O)(c6ccccc6F)CC5)nc43)c(Cl)c2c1Cl. The largest absolute Gasteiger partial charge is 0.438 e. The number of nitrogens with zero attached hydrogens (tertiary/aromatic N) is 8. The molecule has 0 aliphatic carbocycles. The molecule has 1 aliphatic heterocycles. The number of carbonyl (C=O) groups is 1. The molecule has 0 saturated carbocycles. The van der Waals surface area contributed by atoms with E-state index in [-0.39, 0.29) is 30.0 Å². The predicted octanol–water partition coefficient (Wildman–Crippen LogP) is 4.61. The van der Waals surface area contributed by atoms with Gasteiger partial charge in [0.05, 0.1) is 33.2 Å². The Labute approximate surface area is 236 Å². The zero-order valence-electron chi connectivity index (χ0n) is 21.0. The van der Waals surface area contributed by atoms with Crippen molar-refractivity contribution in [3.05, 3.63) is 69.8 Å². The lowest BCUT2D eigenvalue weighted by molar-refractivity contribution is -0.00934. The number of nitriles is 1. The third-order valence-corrected chi connectivity index (χ3v) is 7.93. The quantitative estimate of drug-likeness (QED) is 0.325. The molecule has 2 N–H and O–H groups in total. The van der Waals surface area contributed by atoms with Crippen molar-refractivity contribution >= 4 is 57.2 Å². The highest BCUT2D eigenvalue weighted by Gasteiger charge is 2.42. The second-order valence-corrected chi connectivity index (χ2v) is 10.1. The van der Waals surface area contributed by atoms with Crippen LogP contribution in [0.25, 0.3) is 27.6 Å². The summed E-state index contributed by atoms with van der Waals surface area (Å²) in [6.45, 7) is 0.592. The van der Waals surface area contributed by atoms with Crippen LogP contribution in [-0.4, -0.2) is 48.7 Å². The summed E-state index contributed by atoms with van der Waals surface area (Å²) >= 11 is 13.2. The van der Waals surface area contributed by atoms with E-state index in [2.05, 4.69) is 21.3 Å². The Bertz CT molecular complexity index is 1850. The molecule has 1 saturated heterocycles. The van der Waals surface area contributed by atoms with Crippen LogP contribution < -0.4 is 10.6 Å². The molecule has 1 aliphatic rings. The molecule has 40 heavy (non-hydrogen) atoms. The van der Waals surface area contributed by atoms with E-state index in [4.69, 9.17) is 38.7 Å².